The average Bonchev–Trinajstić information content (AvgIpc) is 2.41. The van der Waals surface area contributed by atoms with Crippen LogP contribution >= 0.6 is 0 Å². The third kappa shape index (κ3) is 6.03. The summed E-state index contributed by atoms with van der Waals surface area (Å²) in [6.07, 6.45) is -0.478. The first-order chi connectivity index (χ1) is 10.2. The number of nitrogens with one attached hydrogen (secondary N) is 1. The Kier molecular flexibility index (Phi) is 6.22. The number of esters is 1. The maximum Gasteiger partial charge on any atom is 0.407 e. The Bertz CT molecular complexity index is 534. The summed E-state index contributed by atoms with van der Waals surface area (Å²) in [5.74, 6) is 0.242. The van der Waals surface area contributed by atoms with Gasteiger partial charge in [0.25, 0.3) is 0 Å². The first-order valence-corrected chi connectivity index (χ1v) is 7.01. The second-order valence-electron chi connectivity index (χ2n) is 5.75. The van der Waals surface area contributed by atoms with Gasteiger partial charge in [-0.25, -0.2) is 9.59 Å². The number of hydrogen-bond acceptors (Lipinski definition) is 5. The second kappa shape index (κ2) is 7.68. The van der Waals surface area contributed by atoms with E-state index in [2.05, 4.69) is 10.1 Å². The molecule has 0 unspecified atom stereocenters. The highest BCUT2D eigenvalue weighted by atomic mass is 16.6. The third-order valence-electron chi connectivity index (χ3n) is 2.64. The molecule has 6 nitrogen and oxygen atoms in total. The molecule has 1 aromatic carbocycles. The van der Waals surface area contributed by atoms with Crippen molar-refractivity contribution in [1.29, 1.82) is 0 Å². The summed E-state index contributed by atoms with van der Waals surface area (Å²) in [7, 11) is 1.34. The van der Waals surface area contributed by atoms with E-state index in [9.17, 15) is 9.59 Å². The molecule has 0 saturated carbocycles. The number of carbonyl (C=O) groups is 2. The van der Waals surface area contributed by atoms with Gasteiger partial charge in [0, 0.05) is 0 Å². The minimum absolute atomic E-state index is 0.302. The molecule has 1 rings (SSSR count). The van der Waals surface area contributed by atoms with Gasteiger partial charge < -0.3 is 19.5 Å². The zero-order chi connectivity index (χ0) is 16.8. The number of methoxy groups -OCH3 is 1. The van der Waals surface area contributed by atoms with Crippen molar-refractivity contribution >= 4 is 12.1 Å². The van der Waals surface area contributed by atoms with Gasteiger partial charge in [-0.3, -0.25) is 0 Å². The molecule has 6 heteroatoms. The number of amides is 1. The van der Waals surface area contributed by atoms with Gasteiger partial charge in [-0.2, -0.15) is 0 Å². The summed E-state index contributed by atoms with van der Waals surface area (Å²) in [5, 5.41) is 2.60. The summed E-state index contributed by atoms with van der Waals surface area (Å²) in [5.41, 5.74) is 0.748. The van der Waals surface area contributed by atoms with E-state index in [4.69, 9.17) is 9.47 Å². The minimum atomic E-state index is -0.522. The number of hydrogen-bond donors (Lipinski definition) is 1. The van der Waals surface area contributed by atoms with Crippen molar-refractivity contribution < 1.29 is 23.8 Å². The van der Waals surface area contributed by atoms with Gasteiger partial charge >= 0.3 is 12.1 Å². The monoisotopic (exact) mass is 309 g/mol. The molecule has 0 saturated heterocycles. The molecule has 0 aliphatic heterocycles. The van der Waals surface area contributed by atoms with Crippen LogP contribution in [-0.2, 0) is 9.47 Å². The standard InChI is InChI=1S/C16H23NO5/c1-11-10-12(6-7-13(11)14(18)20-5)21-9-8-17-15(19)22-16(2,3)4/h6-7,10H,8-9H2,1-5H3,(H,17,19). The molecule has 0 atom stereocenters. The Balaban J connectivity index is 2.41. The van der Waals surface area contributed by atoms with Crippen molar-refractivity contribution in [2.45, 2.75) is 33.3 Å². The summed E-state index contributed by atoms with van der Waals surface area (Å²) >= 11 is 0. The smallest absolute Gasteiger partial charge is 0.407 e. The van der Waals surface area contributed by atoms with Crippen LogP contribution in [0.4, 0.5) is 4.79 Å². The van der Waals surface area contributed by atoms with Crippen LogP contribution in [0.25, 0.3) is 0 Å². The molecule has 1 amide bonds. The number of ether oxygens (including phenoxy) is 3. The predicted molar refractivity (Wildman–Crippen MR) is 82.3 cm³/mol. The summed E-state index contributed by atoms with van der Waals surface area (Å²) < 4.78 is 15.3. The number of aryl methyl sites for hydroxylation is 1. The van der Waals surface area contributed by atoms with E-state index in [1.54, 1.807) is 45.9 Å². The molecule has 0 aromatic heterocycles. The summed E-state index contributed by atoms with van der Waals surface area (Å²) in [4.78, 5) is 22.9. The average molecular weight is 309 g/mol. The molecule has 0 aliphatic rings. The van der Waals surface area contributed by atoms with E-state index < -0.39 is 11.7 Å². The number of benzene rings is 1. The Morgan fingerprint density at radius 2 is 1.91 bits per heavy atom. The number of carbonyl (C=O) groups excluding carboxylic acids is 2. The van der Waals surface area contributed by atoms with Crippen molar-refractivity contribution in [2.24, 2.45) is 0 Å². The van der Waals surface area contributed by atoms with Crippen LogP contribution in [0.15, 0.2) is 18.2 Å². The van der Waals surface area contributed by atoms with E-state index in [1.165, 1.54) is 7.11 Å². The van der Waals surface area contributed by atoms with Gasteiger partial charge in [0.05, 0.1) is 19.2 Å². The van der Waals surface area contributed by atoms with Crippen LogP contribution in [0.3, 0.4) is 0 Å². The van der Waals surface area contributed by atoms with Crippen LogP contribution < -0.4 is 10.1 Å². The maximum absolute atomic E-state index is 11.5. The molecule has 0 heterocycles. The molecule has 0 radical (unpaired) electrons. The number of alkyl carbamates (subject to hydrolysis) is 1. The Morgan fingerprint density at radius 3 is 2.45 bits per heavy atom. The van der Waals surface area contributed by atoms with E-state index in [0.717, 1.165) is 5.56 Å². The van der Waals surface area contributed by atoms with Gasteiger partial charge in [0.1, 0.15) is 18.0 Å². The highest BCUT2D eigenvalue weighted by Crippen LogP contribution is 2.17. The molecule has 1 N–H and O–H groups in total. The van der Waals surface area contributed by atoms with Crippen LogP contribution in [-0.4, -0.2) is 37.9 Å². The largest absolute Gasteiger partial charge is 0.492 e. The third-order valence-corrected chi connectivity index (χ3v) is 2.64. The zero-order valence-electron chi connectivity index (χ0n) is 13.7. The topological polar surface area (TPSA) is 73.9 Å². The molecule has 0 spiro atoms. The van der Waals surface area contributed by atoms with E-state index in [1.807, 2.05) is 0 Å². The molecule has 0 aliphatic carbocycles. The summed E-state index contributed by atoms with van der Waals surface area (Å²) in [6, 6.07) is 5.09. The molecule has 122 valence electrons. The minimum Gasteiger partial charge on any atom is -0.492 e. The fourth-order valence-corrected chi connectivity index (χ4v) is 1.70. The van der Waals surface area contributed by atoms with Gasteiger partial charge in [-0.05, 0) is 51.5 Å². The van der Waals surface area contributed by atoms with E-state index in [0.29, 0.717) is 24.5 Å². The quantitative estimate of drug-likeness (QED) is 0.668. The Morgan fingerprint density at radius 1 is 1.23 bits per heavy atom. The molecule has 1 aromatic rings. The lowest BCUT2D eigenvalue weighted by atomic mass is 10.1. The highest BCUT2D eigenvalue weighted by Gasteiger charge is 2.15. The maximum atomic E-state index is 11.5. The predicted octanol–water partition coefficient (Wildman–Crippen LogP) is 2.69. The van der Waals surface area contributed by atoms with Crippen molar-refractivity contribution in [3.05, 3.63) is 29.3 Å². The lowest BCUT2D eigenvalue weighted by molar-refractivity contribution is 0.0518. The van der Waals surface area contributed by atoms with Crippen molar-refractivity contribution in [1.82, 2.24) is 5.32 Å². The lowest BCUT2D eigenvalue weighted by Crippen LogP contribution is -2.34. The molecule has 0 fully saturated rings. The highest BCUT2D eigenvalue weighted by molar-refractivity contribution is 5.91. The van der Waals surface area contributed by atoms with Crippen molar-refractivity contribution in [3.63, 3.8) is 0 Å². The van der Waals surface area contributed by atoms with Crippen molar-refractivity contribution in [3.8, 4) is 5.75 Å². The number of rotatable bonds is 5. The van der Waals surface area contributed by atoms with Crippen LogP contribution in [0.5, 0.6) is 5.75 Å². The van der Waals surface area contributed by atoms with E-state index in [-0.39, 0.29) is 5.97 Å². The van der Waals surface area contributed by atoms with Gasteiger partial charge in [0.2, 0.25) is 0 Å². The summed E-state index contributed by atoms with van der Waals surface area (Å²) in [6.45, 7) is 7.83. The zero-order valence-corrected chi connectivity index (χ0v) is 13.7. The van der Waals surface area contributed by atoms with E-state index >= 15 is 0 Å². The molecule has 22 heavy (non-hydrogen) atoms. The molecule has 0 bridgehead atoms. The first kappa shape index (κ1) is 17.8. The molecular formula is C16H23NO5. The SMILES string of the molecule is COC(=O)c1ccc(OCCNC(=O)OC(C)(C)C)cc1C. The second-order valence-corrected chi connectivity index (χ2v) is 5.75. The van der Waals surface area contributed by atoms with Gasteiger partial charge in [0.15, 0.2) is 0 Å². The van der Waals surface area contributed by atoms with Gasteiger partial charge in [-0.1, -0.05) is 0 Å². The lowest BCUT2D eigenvalue weighted by Gasteiger charge is -2.19. The fourth-order valence-electron chi connectivity index (χ4n) is 1.70. The first-order valence-electron chi connectivity index (χ1n) is 7.01. The Labute approximate surface area is 130 Å². The van der Waals surface area contributed by atoms with Crippen LogP contribution in [0, 0.1) is 6.92 Å². The van der Waals surface area contributed by atoms with Gasteiger partial charge in [-0.15, -0.1) is 0 Å². The molecular weight excluding hydrogens is 286 g/mol. The normalized spacial score (nSPS) is 10.8. The van der Waals surface area contributed by atoms with Crippen LogP contribution in [0.1, 0.15) is 36.7 Å². The Hall–Kier alpha value is -2.24. The van der Waals surface area contributed by atoms with Crippen molar-refractivity contribution in [2.75, 3.05) is 20.3 Å². The fraction of sp³-hybridized carbons (Fsp3) is 0.500. The van der Waals surface area contributed by atoms with Crippen LogP contribution in [0.2, 0.25) is 0 Å².